The van der Waals surface area contributed by atoms with Gasteiger partial charge in [-0.05, 0) is 43.7 Å². The maximum atomic E-state index is 12.4. The van der Waals surface area contributed by atoms with E-state index in [0.29, 0.717) is 28.9 Å². The van der Waals surface area contributed by atoms with E-state index in [9.17, 15) is 14.4 Å². The van der Waals surface area contributed by atoms with Crippen molar-refractivity contribution in [1.29, 1.82) is 0 Å². The first kappa shape index (κ1) is 17.4. The van der Waals surface area contributed by atoms with Gasteiger partial charge in [-0.1, -0.05) is 25.1 Å². The number of carbonyl (C=O) groups excluding carboxylic acids is 3. The van der Waals surface area contributed by atoms with Crippen LogP contribution in [0, 0.1) is 0 Å². The molecule has 0 spiro atoms. The molecular weight excluding hydrogens is 304 g/mol. The zero-order chi connectivity index (χ0) is 17.5. The van der Waals surface area contributed by atoms with Crippen LogP contribution < -0.4 is 10.6 Å². The highest BCUT2D eigenvalue weighted by Gasteiger charge is 2.11. The Kier molecular flexibility index (Phi) is 5.84. The number of nitrogens with one attached hydrogen (secondary N) is 2. The molecule has 0 aliphatic carbocycles. The quantitative estimate of drug-likeness (QED) is 0.801. The summed E-state index contributed by atoms with van der Waals surface area (Å²) in [5.74, 6) is -0.605. The SMILES string of the molecule is CCCNC(=O)c1cccc(C(=O)Nc2cccc(C(C)=O)c2)c1. The van der Waals surface area contributed by atoms with Crippen LogP contribution in [-0.2, 0) is 0 Å². The monoisotopic (exact) mass is 324 g/mol. The number of Topliss-reactive ketones (excluding diaryl/α,β-unsaturated/α-hetero) is 1. The van der Waals surface area contributed by atoms with Crippen molar-refractivity contribution >= 4 is 23.3 Å². The molecule has 0 radical (unpaired) electrons. The average Bonchev–Trinajstić information content (AvgIpc) is 2.60. The normalized spacial score (nSPS) is 10.1. The zero-order valence-corrected chi connectivity index (χ0v) is 13.8. The summed E-state index contributed by atoms with van der Waals surface area (Å²) >= 11 is 0. The molecule has 0 aliphatic heterocycles. The number of ketones is 1. The summed E-state index contributed by atoms with van der Waals surface area (Å²) in [5, 5.41) is 5.52. The molecule has 0 heterocycles. The second-order valence-corrected chi connectivity index (χ2v) is 5.43. The second-order valence-electron chi connectivity index (χ2n) is 5.43. The molecule has 0 fully saturated rings. The van der Waals surface area contributed by atoms with Gasteiger partial charge in [0.15, 0.2) is 5.78 Å². The average molecular weight is 324 g/mol. The standard InChI is InChI=1S/C19H20N2O3/c1-3-10-20-18(23)15-7-4-8-16(11-15)19(24)21-17-9-5-6-14(12-17)13(2)22/h4-9,11-12H,3,10H2,1-2H3,(H,20,23)(H,21,24). The van der Waals surface area contributed by atoms with E-state index in [0.717, 1.165) is 6.42 Å². The molecule has 2 rings (SSSR count). The van der Waals surface area contributed by atoms with Crippen LogP contribution in [-0.4, -0.2) is 24.1 Å². The third-order valence-corrected chi connectivity index (χ3v) is 3.45. The lowest BCUT2D eigenvalue weighted by molar-refractivity contribution is 0.0952. The van der Waals surface area contributed by atoms with E-state index in [4.69, 9.17) is 0 Å². The Morgan fingerprint density at radius 2 is 1.50 bits per heavy atom. The first-order valence-electron chi connectivity index (χ1n) is 7.82. The van der Waals surface area contributed by atoms with E-state index in [1.54, 1.807) is 48.5 Å². The lowest BCUT2D eigenvalue weighted by Crippen LogP contribution is -2.24. The molecule has 0 bridgehead atoms. The molecule has 2 aromatic carbocycles. The van der Waals surface area contributed by atoms with Gasteiger partial charge in [0, 0.05) is 28.9 Å². The van der Waals surface area contributed by atoms with Crippen molar-refractivity contribution in [3.63, 3.8) is 0 Å². The smallest absolute Gasteiger partial charge is 0.255 e. The highest BCUT2D eigenvalue weighted by atomic mass is 16.2. The molecule has 0 unspecified atom stereocenters. The molecule has 124 valence electrons. The van der Waals surface area contributed by atoms with Gasteiger partial charge < -0.3 is 10.6 Å². The predicted molar refractivity (Wildman–Crippen MR) is 93.5 cm³/mol. The van der Waals surface area contributed by atoms with Crippen molar-refractivity contribution in [2.75, 3.05) is 11.9 Å². The third-order valence-electron chi connectivity index (χ3n) is 3.45. The van der Waals surface area contributed by atoms with E-state index in [2.05, 4.69) is 10.6 Å². The molecule has 0 aromatic heterocycles. The summed E-state index contributed by atoms with van der Waals surface area (Å²) in [5.41, 5.74) is 1.88. The molecular formula is C19H20N2O3. The summed E-state index contributed by atoms with van der Waals surface area (Å²) < 4.78 is 0. The van der Waals surface area contributed by atoms with Crippen LogP contribution in [0.25, 0.3) is 0 Å². The van der Waals surface area contributed by atoms with E-state index in [1.807, 2.05) is 6.92 Å². The van der Waals surface area contributed by atoms with Crippen molar-refractivity contribution in [2.24, 2.45) is 0 Å². The number of carbonyl (C=O) groups is 3. The Bertz CT molecular complexity index is 769. The topological polar surface area (TPSA) is 75.3 Å². The minimum absolute atomic E-state index is 0.0688. The fraction of sp³-hybridized carbons (Fsp3) is 0.211. The largest absolute Gasteiger partial charge is 0.352 e. The summed E-state index contributed by atoms with van der Waals surface area (Å²) in [6.45, 7) is 4.03. The van der Waals surface area contributed by atoms with Gasteiger partial charge in [0.25, 0.3) is 11.8 Å². The Morgan fingerprint density at radius 1 is 0.875 bits per heavy atom. The molecule has 0 saturated carbocycles. The molecule has 0 atom stereocenters. The van der Waals surface area contributed by atoms with Crippen LogP contribution in [0.5, 0.6) is 0 Å². The lowest BCUT2D eigenvalue weighted by Gasteiger charge is -2.08. The van der Waals surface area contributed by atoms with Gasteiger partial charge >= 0.3 is 0 Å². The zero-order valence-electron chi connectivity index (χ0n) is 13.8. The molecule has 5 heteroatoms. The highest BCUT2D eigenvalue weighted by molar-refractivity contribution is 6.06. The third kappa shape index (κ3) is 4.52. The van der Waals surface area contributed by atoms with Gasteiger partial charge in [-0.25, -0.2) is 0 Å². The van der Waals surface area contributed by atoms with E-state index in [1.165, 1.54) is 6.92 Å². The summed E-state index contributed by atoms with van der Waals surface area (Å²) in [7, 11) is 0. The van der Waals surface area contributed by atoms with Crippen LogP contribution >= 0.6 is 0 Å². The Hall–Kier alpha value is -2.95. The minimum Gasteiger partial charge on any atom is -0.352 e. The maximum absolute atomic E-state index is 12.4. The number of hydrogen-bond acceptors (Lipinski definition) is 3. The van der Waals surface area contributed by atoms with Gasteiger partial charge in [0.2, 0.25) is 0 Å². The number of rotatable bonds is 6. The van der Waals surface area contributed by atoms with Crippen molar-refractivity contribution < 1.29 is 14.4 Å². The van der Waals surface area contributed by atoms with Crippen LogP contribution in [0.3, 0.4) is 0 Å². The predicted octanol–water partition coefficient (Wildman–Crippen LogP) is 3.28. The van der Waals surface area contributed by atoms with Gasteiger partial charge in [-0.2, -0.15) is 0 Å². The minimum atomic E-state index is -0.333. The van der Waals surface area contributed by atoms with E-state index < -0.39 is 0 Å². The fourth-order valence-electron chi connectivity index (χ4n) is 2.16. The van der Waals surface area contributed by atoms with Crippen LogP contribution in [0.2, 0.25) is 0 Å². The molecule has 2 aromatic rings. The van der Waals surface area contributed by atoms with Crippen molar-refractivity contribution in [2.45, 2.75) is 20.3 Å². The Labute approximate surface area is 141 Å². The fourth-order valence-corrected chi connectivity index (χ4v) is 2.16. The number of hydrogen-bond donors (Lipinski definition) is 2. The maximum Gasteiger partial charge on any atom is 0.255 e. The first-order valence-corrected chi connectivity index (χ1v) is 7.82. The van der Waals surface area contributed by atoms with Crippen LogP contribution in [0.1, 0.15) is 51.3 Å². The highest BCUT2D eigenvalue weighted by Crippen LogP contribution is 2.14. The van der Waals surface area contributed by atoms with Crippen LogP contribution in [0.15, 0.2) is 48.5 Å². The van der Waals surface area contributed by atoms with Gasteiger partial charge in [-0.15, -0.1) is 0 Å². The lowest BCUT2D eigenvalue weighted by atomic mass is 10.1. The van der Waals surface area contributed by atoms with E-state index in [-0.39, 0.29) is 17.6 Å². The van der Waals surface area contributed by atoms with Gasteiger partial charge in [0.05, 0.1) is 0 Å². The Balaban J connectivity index is 2.14. The summed E-state index contributed by atoms with van der Waals surface area (Å²) in [6.07, 6.45) is 0.846. The molecule has 5 nitrogen and oxygen atoms in total. The number of anilines is 1. The second kappa shape index (κ2) is 8.06. The molecule has 2 N–H and O–H groups in total. The van der Waals surface area contributed by atoms with E-state index >= 15 is 0 Å². The van der Waals surface area contributed by atoms with Crippen molar-refractivity contribution in [1.82, 2.24) is 5.32 Å². The van der Waals surface area contributed by atoms with Crippen molar-refractivity contribution in [3.05, 3.63) is 65.2 Å². The molecule has 24 heavy (non-hydrogen) atoms. The van der Waals surface area contributed by atoms with Gasteiger partial charge in [0.1, 0.15) is 0 Å². The summed E-state index contributed by atoms with van der Waals surface area (Å²) in [4.78, 5) is 35.7. The number of benzene rings is 2. The van der Waals surface area contributed by atoms with Crippen LogP contribution in [0.4, 0.5) is 5.69 Å². The Morgan fingerprint density at radius 3 is 2.17 bits per heavy atom. The molecule has 0 aliphatic rings. The summed E-state index contributed by atoms with van der Waals surface area (Å²) in [6, 6.07) is 13.3. The molecule has 0 saturated heterocycles. The van der Waals surface area contributed by atoms with Gasteiger partial charge in [-0.3, -0.25) is 14.4 Å². The first-order chi connectivity index (χ1) is 11.5. The number of amides is 2. The van der Waals surface area contributed by atoms with Crippen molar-refractivity contribution in [3.8, 4) is 0 Å². The molecule has 2 amide bonds.